The van der Waals surface area contributed by atoms with E-state index in [1.54, 1.807) is 0 Å². The van der Waals surface area contributed by atoms with Crippen LogP contribution in [0, 0.1) is 5.92 Å². The first kappa shape index (κ1) is 13.9. The van der Waals surface area contributed by atoms with E-state index in [0.29, 0.717) is 12.0 Å². The summed E-state index contributed by atoms with van der Waals surface area (Å²) in [7, 11) is 2.04. The average molecular weight is 267 g/mol. The summed E-state index contributed by atoms with van der Waals surface area (Å²) in [6.45, 7) is 5.64. The van der Waals surface area contributed by atoms with Crippen LogP contribution in [0.15, 0.2) is 24.3 Å². The van der Waals surface area contributed by atoms with Crippen LogP contribution >= 0.6 is 11.6 Å². The zero-order chi connectivity index (χ0) is 13.0. The van der Waals surface area contributed by atoms with Crippen molar-refractivity contribution in [2.45, 2.75) is 25.8 Å². The van der Waals surface area contributed by atoms with E-state index in [4.69, 9.17) is 11.6 Å². The van der Waals surface area contributed by atoms with Crippen LogP contribution in [-0.2, 0) is 0 Å². The Balaban J connectivity index is 2.27. The zero-order valence-corrected chi connectivity index (χ0v) is 12.1. The predicted octanol–water partition coefficient (Wildman–Crippen LogP) is 3.33. The molecule has 1 heterocycles. The van der Waals surface area contributed by atoms with Crippen LogP contribution in [0.1, 0.15) is 31.4 Å². The van der Waals surface area contributed by atoms with Gasteiger partial charge >= 0.3 is 0 Å². The first-order valence-corrected chi connectivity index (χ1v) is 7.28. The highest BCUT2D eigenvalue weighted by Crippen LogP contribution is 2.36. The van der Waals surface area contributed by atoms with Gasteiger partial charge in [-0.05, 0) is 63.1 Å². The molecule has 2 rings (SSSR count). The number of rotatable bonds is 4. The molecular formula is C15H23ClN2. The van der Waals surface area contributed by atoms with Crippen LogP contribution in [-0.4, -0.2) is 31.6 Å². The molecule has 3 heteroatoms. The topological polar surface area (TPSA) is 15.3 Å². The van der Waals surface area contributed by atoms with Crippen LogP contribution in [0.4, 0.5) is 0 Å². The van der Waals surface area contributed by atoms with E-state index < -0.39 is 0 Å². The first-order valence-electron chi connectivity index (χ1n) is 6.90. The Morgan fingerprint density at radius 3 is 2.94 bits per heavy atom. The Hall–Kier alpha value is -0.570. The summed E-state index contributed by atoms with van der Waals surface area (Å²) >= 11 is 6.15. The molecule has 0 spiro atoms. The van der Waals surface area contributed by atoms with Crippen molar-refractivity contribution in [1.29, 1.82) is 0 Å². The lowest BCUT2D eigenvalue weighted by atomic mass is 9.84. The number of halogens is 1. The second-order valence-electron chi connectivity index (χ2n) is 5.09. The van der Waals surface area contributed by atoms with Gasteiger partial charge in [-0.1, -0.05) is 30.7 Å². The van der Waals surface area contributed by atoms with Gasteiger partial charge in [-0.2, -0.15) is 0 Å². The Bertz CT molecular complexity index is 379. The van der Waals surface area contributed by atoms with Crippen molar-refractivity contribution < 1.29 is 0 Å². The van der Waals surface area contributed by atoms with Crippen molar-refractivity contribution in [3.05, 3.63) is 34.9 Å². The predicted molar refractivity (Wildman–Crippen MR) is 78.1 cm³/mol. The Morgan fingerprint density at radius 1 is 1.44 bits per heavy atom. The van der Waals surface area contributed by atoms with Gasteiger partial charge in [0.2, 0.25) is 0 Å². The maximum Gasteiger partial charge on any atom is 0.0409 e. The average Bonchev–Trinajstić information content (AvgIpc) is 2.38. The Morgan fingerprint density at radius 2 is 2.28 bits per heavy atom. The second kappa shape index (κ2) is 6.55. The van der Waals surface area contributed by atoms with Crippen molar-refractivity contribution in [1.82, 2.24) is 10.2 Å². The summed E-state index contributed by atoms with van der Waals surface area (Å²) in [6.07, 6.45) is 2.60. The minimum absolute atomic E-state index is 0.509. The molecule has 1 N–H and O–H groups in total. The van der Waals surface area contributed by atoms with Gasteiger partial charge < -0.3 is 5.32 Å². The highest BCUT2D eigenvalue weighted by atomic mass is 35.5. The summed E-state index contributed by atoms with van der Waals surface area (Å²) in [4.78, 5) is 2.58. The fourth-order valence-electron chi connectivity index (χ4n) is 3.16. The van der Waals surface area contributed by atoms with Crippen LogP contribution in [0.5, 0.6) is 0 Å². The Kier molecular flexibility index (Phi) is 5.04. The minimum Gasteiger partial charge on any atom is -0.319 e. The molecule has 1 aromatic rings. The lowest BCUT2D eigenvalue weighted by Gasteiger charge is -2.41. The van der Waals surface area contributed by atoms with Gasteiger partial charge in [-0.15, -0.1) is 0 Å². The third-order valence-corrected chi connectivity index (χ3v) is 4.16. The molecular weight excluding hydrogens is 244 g/mol. The van der Waals surface area contributed by atoms with Crippen LogP contribution in [0.2, 0.25) is 5.02 Å². The lowest BCUT2D eigenvalue weighted by Crippen LogP contribution is -2.41. The van der Waals surface area contributed by atoms with Crippen LogP contribution in [0.25, 0.3) is 0 Å². The molecule has 1 aliphatic rings. The monoisotopic (exact) mass is 266 g/mol. The van der Waals surface area contributed by atoms with Crippen molar-refractivity contribution in [2.75, 3.05) is 26.7 Å². The fraction of sp³-hybridized carbons (Fsp3) is 0.600. The molecule has 0 amide bonds. The lowest BCUT2D eigenvalue weighted by molar-refractivity contribution is 0.0982. The molecule has 0 radical (unpaired) electrons. The zero-order valence-electron chi connectivity index (χ0n) is 11.3. The molecule has 1 saturated heterocycles. The van der Waals surface area contributed by atoms with Gasteiger partial charge in [0, 0.05) is 11.1 Å². The molecule has 1 fully saturated rings. The molecule has 0 saturated carbocycles. The number of likely N-dealkylation sites (tertiary alicyclic amines) is 1. The Labute approximate surface area is 115 Å². The number of hydrogen-bond acceptors (Lipinski definition) is 2. The summed E-state index contributed by atoms with van der Waals surface area (Å²) in [5, 5.41) is 4.18. The molecule has 1 aliphatic heterocycles. The van der Waals surface area contributed by atoms with Crippen molar-refractivity contribution in [3.63, 3.8) is 0 Å². The fourth-order valence-corrected chi connectivity index (χ4v) is 3.35. The first-order chi connectivity index (χ1) is 8.76. The highest BCUT2D eigenvalue weighted by Gasteiger charge is 2.31. The molecule has 100 valence electrons. The van der Waals surface area contributed by atoms with E-state index in [1.807, 2.05) is 13.1 Å². The third kappa shape index (κ3) is 3.05. The van der Waals surface area contributed by atoms with E-state index >= 15 is 0 Å². The van der Waals surface area contributed by atoms with Crippen molar-refractivity contribution in [2.24, 2.45) is 5.92 Å². The quantitative estimate of drug-likeness (QED) is 0.899. The molecule has 2 atom stereocenters. The van der Waals surface area contributed by atoms with E-state index in [0.717, 1.165) is 18.1 Å². The number of benzene rings is 1. The molecule has 1 aromatic carbocycles. The van der Waals surface area contributed by atoms with E-state index in [2.05, 4.69) is 35.3 Å². The number of piperidine rings is 1. The van der Waals surface area contributed by atoms with Gasteiger partial charge in [-0.25, -0.2) is 0 Å². The van der Waals surface area contributed by atoms with Crippen molar-refractivity contribution in [3.8, 4) is 0 Å². The minimum atomic E-state index is 0.509. The maximum absolute atomic E-state index is 6.15. The highest BCUT2D eigenvalue weighted by molar-refractivity contribution is 6.30. The molecule has 2 nitrogen and oxygen atoms in total. The maximum atomic E-state index is 6.15. The molecule has 0 bridgehead atoms. The third-order valence-electron chi connectivity index (χ3n) is 3.92. The van der Waals surface area contributed by atoms with E-state index in [1.165, 1.54) is 24.9 Å². The van der Waals surface area contributed by atoms with Gasteiger partial charge in [-0.3, -0.25) is 4.90 Å². The van der Waals surface area contributed by atoms with Crippen LogP contribution < -0.4 is 5.32 Å². The number of nitrogens with zero attached hydrogens (tertiary/aromatic N) is 1. The van der Waals surface area contributed by atoms with Gasteiger partial charge in [0.1, 0.15) is 0 Å². The van der Waals surface area contributed by atoms with Gasteiger partial charge in [0.25, 0.3) is 0 Å². The number of nitrogens with one attached hydrogen (secondary N) is 1. The summed E-state index contributed by atoms with van der Waals surface area (Å²) < 4.78 is 0. The number of hydrogen-bond donors (Lipinski definition) is 1. The molecule has 0 aromatic heterocycles. The standard InChI is InChI=1S/C15H23ClN2/c1-3-18-9-5-7-13(11-17-2)15(18)12-6-4-8-14(16)10-12/h4,6,8,10,13,15,17H,3,5,7,9,11H2,1-2H3. The largest absolute Gasteiger partial charge is 0.319 e. The van der Waals surface area contributed by atoms with Crippen LogP contribution in [0.3, 0.4) is 0 Å². The van der Waals surface area contributed by atoms with Gasteiger partial charge in [0.15, 0.2) is 0 Å². The summed E-state index contributed by atoms with van der Waals surface area (Å²) in [6, 6.07) is 8.87. The van der Waals surface area contributed by atoms with E-state index in [-0.39, 0.29) is 0 Å². The van der Waals surface area contributed by atoms with E-state index in [9.17, 15) is 0 Å². The normalized spacial score (nSPS) is 25.3. The van der Waals surface area contributed by atoms with Crippen molar-refractivity contribution >= 4 is 11.6 Å². The smallest absolute Gasteiger partial charge is 0.0409 e. The second-order valence-corrected chi connectivity index (χ2v) is 5.52. The molecule has 18 heavy (non-hydrogen) atoms. The molecule has 0 aliphatic carbocycles. The SMILES string of the molecule is CCN1CCCC(CNC)C1c1cccc(Cl)c1. The summed E-state index contributed by atoms with van der Waals surface area (Å²) in [5.41, 5.74) is 1.37. The summed E-state index contributed by atoms with van der Waals surface area (Å²) in [5.74, 6) is 0.683. The molecule has 2 unspecified atom stereocenters. The van der Waals surface area contributed by atoms with Gasteiger partial charge in [0.05, 0.1) is 0 Å².